The molecule has 92 valence electrons. The molecule has 0 aliphatic carbocycles. The molecule has 0 radical (unpaired) electrons. The second-order valence-corrected chi connectivity index (χ2v) is 4.10. The van der Waals surface area contributed by atoms with E-state index in [1.54, 1.807) is 24.5 Å². The molecule has 0 spiro atoms. The Morgan fingerprint density at radius 1 is 1.33 bits per heavy atom. The van der Waals surface area contributed by atoms with Crippen LogP contribution >= 0.6 is 0 Å². The molecule has 18 heavy (non-hydrogen) atoms. The lowest BCUT2D eigenvalue weighted by atomic mass is 10.1. The van der Waals surface area contributed by atoms with Crippen molar-refractivity contribution in [2.75, 3.05) is 11.9 Å². The van der Waals surface area contributed by atoms with Crippen LogP contribution in [0.5, 0.6) is 0 Å². The van der Waals surface area contributed by atoms with Gasteiger partial charge < -0.3 is 10.0 Å². The third-order valence-electron chi connectivity index (χ3n) is 2.78. The zero-order valence-electron chi connectivity index (χ0n) is 10.3. The Balaban J connectivity index is 2.50. The van der Waals surface area contributed by atoms with Crippen LogP contribution in [0.3, 0.4) is 0 Å². The molecule has 0 aliphatic heterocycles. The third kappa shape index (κ3) is 2.32. The number of hydrogen-bond acceptors (Lipinski definition) is 3. The van der Waals surface area contributed by atoms with E-state index in [-0.39, 0.29) is 5.56 Å². The van der Waals surface area contributed by atoms with Gasteiger partial charge in [0.2, 0.25) is 0 Å². The molecule has 0 saturated carbocycles. The van der Waals surface area contributed by atoms with Crippen LogP contribution in [0.4, 0.5) is 11.4 Å². The van der Waals surface area contributed by atoms with Crippen molar-refractivity contribution in [1.29, 1.82) is 0 Å². The van der Waals surface area contributed by atoms with Crippen molar-refractivity contribution in [3.8, 4) is 0 Å². The number of carboxylic acid groups (broad SMARTS) is 1. The van der Waals surface area contributed by atoms with Crippen LogP contribution in [0.15, 0.2) is 42.7 Å². The predicted octanol–water partition coefficient (Wildman–Crippen LogP) is 2.86. The molecular weight excluding hydrogens is 228 g/mol. The second-order valence-electron chi connectivity index (χ2n) is 4.10. The van der Waals surface area contributed by atoms with Gasteiger partial charge in [0.05, 0.1) is 23.1 Å². The fraction of sp³-hybridized carbons (Fsp3) is 0.143. The SMILES string of the molecule is Cc1ccc(C(=O)O)c(N(C)c2cccnc2)c1. The van der Waals surface area contributed by atoms with Gasteiger partial charge in [-0.3, -0.25) is 4.98 Å². The van der Waals surface area contributed by atoms with Crippen LogP contribution in [0.25, 0.3) is 0 Å². The standard InChI is InChI=1S/C14H14N2O2/c1-10-5-6-12(14(17)18)13(8-10)16(2)11-4-3-7-15-9-11/h3-9H,1-2H3,(H,17,18). The van der Waals surface area contributed by atoms with Crippen molar-refractivity contribution in [3.05, 3.63) is 53.9 Å². The molecule has 2 aromatic rings. The number of rotatable bonds is 3. The molecule has 0 bridgehead atoms. The van der Waals surface area contributed by atoms with Crippen molar-refractivity contribution in [1.82, 2.24) is 4.98 Å². The summed E-state index contributed by atoms with van der Waals surface area (Å²) in [6.45, 7) is 1.94. The first kappa shape index (κ1) is 12.1. The van der Waals surface area contributed by atoms with E-state index in [1.165, 1.54) is 0 Å². The maximum Gasteiger partial charge on any atom is 0.337 e. The lowest BCUT2D eigenvalue weighted by molar-refractivity contribution is 0.0697. The maximum absolute atomic E-state index is 11.2. The second kappa shape index (κ2) is 4.87. The van der Waals surface area contributed by atoms with Gasteiger partial charge in [-0.25, -0.2) is 4.79 Å². The van der Waals surface area contributed by atoms with Gasteiger partial charge in [0.25, 0.3) is 0 Å². The summed E-state index contributed by atoms with van der Waals surface area (Å²) in [5, 5.41) is 9.21. The average molecular weight is 242 g/mol. The number of aromatic nitrogens is 1. The summed E-state index contributed by atoms with van der Waals surface area (Å²) < 4.78 is 0. The van der Waals surface area contributed by atoms with E-state index in [9.17, 15) is 9.90 Å². The smallest absolute Gasteiger partial charge is 0.337 e. The number of aryl methyl sites for hydroxylation is 1. The Labute approximate surface area is 106 Å². The summed E-state index contributed by atoms with van der Waals surface area (Å²) in [4.78, 5) is 17.1. The quantitative estimate of drug-likeness (QED) is 0.899. The van der Waals surface area contributed by atoms with Crippen molar-refractivity contribution in [3.63, 3.8) is 0 Å². The number of aromatic carboxylic acids is 1. The molecule has 2 rings (SSSR count). The maximum atomic E-state index is 11.2. The van der Waals surface area contributed by atoms with E-state index in [1.807, 2.05) is 37.1 Å². The first-order valence-corrected chi connectivity index (χ1v) is 5.57. The van der Waals surface area contributed by atoms with Gasteiger partial charge in [0.15, 0.2) is 0 Å². The van der Waals surface area contributed by atoms with Gasteiger partial charge in [-0.15, -0.1) is 0 Å². The molecule has 0 saturated heterocycles. The van der Waals surface area contributed by atoms with Gasteiger partial charge in [0, 0.05) is 13.2 Å². The topological polar surface area (TPSA) is 53.4 Å². The number of anilines is 2. The zero-order chi connectivity index (χ0) is 13.1. The largest absolute Gasteiger partial charge is 0.478 e. The summed E-state index contributed by atoms with van der Waals surface area (Å²) in [5.74, 6) is -0.930. The van der Waals surface area contributed by atoms with Crippen LogP contribution in [0, 0.1) is 6.92 Å². The number of pyridine rings is 1. The van der Waals surface area contributed by atoms with Crippen LogP contribution in [0.1, 0.15) is 15.9 Å². The normalized spacial score (nSPS) is 10.1. The number of carbonyl (C=O) groups is 1. The molecular formula is C14H14N2O2. The molecule has 4 nitrogen and oxygen atoms in total. The number of nitrogens with zero attached hydrogens (tertiary/aromatic N) is 2. The highest BCUT2D eigenvalue weighted by molar-refractivity contribution is 5.95. The summed E-state index contributed by atoms with van der Waals surface area (Å²) in [5.41, 5.74) is 2.82. The average Bonchev–Trinajstić information content (AvgIpc) is 2.38. The third-order valence-corrected chi connectivity index (χ3v) is 2.78. The molecule has 0 amide bonds. The van der Waals surface area contributed by atoms with Gasteiger partial charge in [-0.1, -0.05) is 6.07 Å². The minimum absolute atomic E-state index is 0.284. The Morgan fingerprint density at radius 3 is 2.72 bits per heavy atom. The number of hydrogen-bond donors (Lipinski definition) is 1. The van der Waals surface area contributed by atoms with Gasteiger partial charge in [0.1, 0.15) is 0 Å². The van der Waals surface area contributed by atoms with Crippen LogP contribution in [-0.4, -0.2) is 23.1 Å². The summed E-state index contributed by atoms with van der Waals surface area (Å²) in [6, 6.07) is 8.99. The minimum Gasteiger partial charge on any atom is -0.478 e. The van der Waals surface area contributed by atoms with Gasteiger partial charge in [-0.05, 0) is 36.8 Å². The van der Waals surface area contributed by atoms with Gasteiger partial charge >= 0.3 is 5.97 Å². The summed E-state index contributed by atoms with van der Waals surface area (Å²) >= 11 is 0. The Hall–Kier alpha value is -2.36. The van der Waals surface area contributed by atoms with E-state index in [0.717, 1.165) is 11.3 Å². The monoisotopic (exact) mass is 242 g/mol. The van der Waals surface area contributed by atoms with Gasteiger partial charge in [-0.2, -0.15) is 0 Å². The van der Waals surface area contributed by atoms with Crippen molar-refractivity contribution in [2.45, 2.75) is 6.92 Å². The summed E-state index contributed by atoms with van der Waals surface area (Å²) in [7, 11) is 1.83. The van der Waals surface area contributed by atoms with Crippen molar-refractivity contribution < 1.29 is 9.90 Å². The Morgan fingerprint density at radius 2 is 2.11 bits per heavy atom. The fourth-order valence-electron chi connectivity index (χ4n) is 1.79. The van der Waals surface area contributed by atoms with E-state index >= 15 is 0 Å². The van der Waals surface area contributed by atoms with E-state index in [0.29, 0.717) is 5.69 Å². The molecule has 0 atom stereocenters. The molecule has 1 aromatic heterocycles. The molecule has 4 heteroatoms. The molecule has 0 unspecified atom stereocenters. The zero-order valence-corrected chi connectivity index (χ0v) is 10.3. The molecule has 0 aliphatic rings. The Bertz CT molecular complexity index is 567. The van der Waals surface area contributed by atoms with Crippen LogP contribution in [-0.2, 0) is 0 Å². The Kier molecular flexibility index (Phi) is 3.28. The molecule has 1 heterocycles. The lowest BCUT2D eigenvalue weighted by Crippen LogP contribution is -2.14. The van der Waals surface area contributed by atoms with E-state index in [4.69, 9.17) is 0 Å². The number of benzene rings is 1. The predicted molar refractivity (Wildman–Crippen MR) is 70.4 cm³/mol. The molecule has 0 fully saturated rings. The van der Waals surface area contributed by atoms with E-state index < -0.39 is 5.97 Å². The minimum atomic E-state index is -0.930. The first-order chi connectivity index (χ1) is 8.59. The lowest BCUT2D eigenvalue weighted by Gasteiger charge is -2.21. The highest BCUT2D eigenvalue weighted by Gasteiger charge is 2.14. The van der Waals surface area contributed by atoms with Crippen LogP contribution < -0.4 is 4.90 Å². The molecule has 1 aromatic carbocycles. The highest BCUT2D eigenvalue weighted by Crippen LogP contribution is 2.27. The number of carboxylic acids is 1. The molecule has 1 N–H and O–H groups in total. The summed E-state index contributed by atoms with van der Waals surface area (Å²) in [6.07, 6.45) is 3.39. The fourth-order valence-corrected chi connectivity index (χ4v) is 1.79. The van der Waals surface area contributed by atoms with Crippen LogP contribution in [0.2, 0.25) is 0 Å². The van der Waals surface area contributed by atoms with Crippen molar-refractivity contribution in [2.24, 2.45) is 0 Å². The van der Waals surface area contributed by atoms with Crippen molar-refractivity contribution >= 4 is 17.3 Å². The highest BCUT2D eigenvalue weighted by atomic mass is 16.4. The van der Waals surface area contributed by atoms with E-state index in [2.05, 4.69) is 4.98 Å². The first-order valence-electron chi connectivity index (χ1n) is 5.57.